The van der Waals surface area contributed by atoms with Gasteiger partial charge in [-0.25, -0.2) is 0 Å². The molecule has 0 radical (unpaired) electrons. The Balaban J connectivity index is 2.24. The molecule has 90 valence electrons. The molecule has 0 spiro atoms. The summed E-state index contributed by atoms with van der Waals surface area (Å²) in [5.74, 6) is 0.180. The number of aliphatic hydroxyl groups excluding tert-OH is 1. The van der Waals surface area contributed by atoms with Gasteiger partial charge in [-0.2, -0.15) is 0 Å². The van der Waals surface area contributed by atoms with Crippen LogP contribution >= 0.6 is 22.9 Å². The van der Waals surface area contributed by atoms with Crippen molar-refractivity contribution in [1.82, 2.24) is 5.32 Å². The molecule has 1 atom stereocenters. The molecule has 0 aliphatic carbocycles. The van der Waals surface area contributed by atoms with Crippen LogP contribution in [0.5, 0.6) is 0 Å². The molecule has 0 aromatic carbocycles. The first kappa shape index (κ1) is 13.5. The first-order valence-corrected chi connectivity index (χ1v) is 6.53. The fourth-order valence-corrected chi connectivity index (χ4v) is 2.34. The van der Waals surface area contributed by atoms with E-state index < -0.39 is 0 Å². The van der Waals surface area contributed by atoms with Crippen molar-refractivity contribution in [1.29, 1.82) is 0 Å². The van der Waals surface area contributed by atoms with E-state index >= 15 is 0 Å². The molecule has 1 unspecified atom stereocenters. The van der Waals surface area contributed by atoms with Gasteiger partial charge in [-0.15, -0.1) is 11.3 Å². The van der Waals surface area contributed by atoms with Crippen molar-refractivity contribution in [2.75, 3.05) is 13.2 Å². The van der Waals surface area contributed by atoms with Gasteiger partial charge in [0.25, 0.3) is 5.91 Å². The molecule has 1 heterocycles. The fraction of sp³-hybridized carbons (Fsp3) is 0.545. The zero-order valence-electron chi connectivity index (χ0n) is 9.20. The number of rotatable bonds is 6. The number of aliphatic hydroxyl groups is 1. The van der Waals surface area contributed by atoms with Crippen molar-refractivity contribution in [3.05, 3.63) is 21.3 Å². The number of halogens is 1. The molecule has 3 nitrogen and oxygen atoms in total. The van der Waals surface area contributed by atoms with Gasteiger partial charge in [-0.05, 0) is 30.2 Å². The van der Waals surface area contributed by atoms with Gasteiger partial charge in [-0.3, -0.25) is 4.79 Å². The summed E-state index contributed by atoms with van der Waals surface area (Å²) in [6, 6.07) is 1.72. The average molecular weight is 262 g/mol. The van der Waals surface area contributed by atoms with Crippen molar-refractivity contribution < 1.29 is 9.90 Å². The van der Waals surface area contributed by atoms with Crippen LogP contribution in [-0.2, 0) is 0 Å². The summed E-state index contributed by atoms with van der Waals surface area (Å²) < 4.78 is 0. The molecule has 0 bridgehead atoms. The van der Waals surface area contributed by atoms with Crippen LogP contribution < -0.4 is 5.32 Å². The molecule has 0 fully saturated rings. The topological polar surface area (TPSA) is 49.3 Å². The minimum Gasteiger partial charge on any atom is -0.396 e. The fourth-order valence-electron chi connectivity index (χ4n) is 1.28. The quantitative estimate of drug-likeness (QED) is 0.773. The molecule has 1 aromatic heterocycles. The summed E-state index contributed by atoms with van der Waals surface area (Å²) in [5.41, 5.74) is 0. The standard InChI is InChI=1S/C11H16ClNO2S/c1-8(7-14)3-2-5-13-11(15)10-9(12)4-6-16-10/h4,6,8,14H,2-3,5,7H2,1H3,(H,13,15). The van der Waals surface area contributed by atoms with Crippen molar-refractivity contribution in [3.8, 4) is 0 Å². The third kappa shape index (κ3) is 4.12. The predicted octanol–water partition coefficient (Wildman–Crippen LogP) is 2.54. The van der Waals surface area contributed by atoms with Gasteiger partial charge in [-0.1, -0.05) is 18.5 Å². The van der Waals surface area contributed by atoms with Gasteiger partial charge in [0, 0.05) is 13.2 Å². The van der Waals surface area contributed by atoms with E-state index in [2.05, 4.69) is 5.32 Å². The molecule has 1 amide bonds. The molecular weight excluding hydrogens is 246 g/mol. The summed E-state index contributed by atoms with van der Waals surface area (Å²) in [4.78, 5) is 12.2. The van der Waals surface area contributed by atoms with E-state index in [1.807, 2.05) is 6.92 Å². The highest BCUT2D eigenvalue weighted by molar-refractivity contribution is 7.12. The molecule has 1 aromatic rings. The molecule has 16 heavy (non-hydrogen) atoms. The van der Waals surface area contributed by atoms with E-state index in [1.165, 1.54) is 11.3 Å². The maximum atomic E-state index is 11.6. The summed E-state index contributed by atoms with van der Waals surface area (Å²) >= 11 is 7.18. The van der Waals surface area contributed by atoms with Gasteiger partial charge >= 0.3 is 0 Å². The van der Waals surface area contributed by atoms with Gasteiger partial charge in [0.2, 0.25) is 0 Å². The van der Waals surface area contributed by atoms with Crippen LogP contribution in [0.1, 0.15) is 29.4 Å². The number of amides is 1. The summed E-state index contributed by atoms with van der Waals surface area (Å²) in [6.45, 7) is 2.81. The van der Waals surface area contributed by atoms with Crippen LogP contribution in [0.2, 0.25) is 5.02 Å². The minimum atomic E-state index is -0.114. The van der Waals surface area contributed by atoms with Crippen LogP contribution in [0, 0.1) is 5.92 Å². The molecule has 5 heteroatoms. The Morgan fingerprint density at radius 3 is 3.00 bits per heavy atom. The van der Waals surface area contributed by atoms with Crippen LogP contribution in [0.4, 0.5) is 0 Å². The number of carbonyl (C=O) groups is 1. The number of carbonyl (C=O) groups excluding carboxylic acids is 1. The Morgan fingerprint density at radius 1 is 1.69 bits per heavy atom. The zero-order valence-corrected chi connectivity index (χ0v) is 10.8. The minimum absolute atomic E-state index is 0.114. The summed E-state index contributed by atoms with van der Waals surface area (Å²) in [5, 5.41) is 13.9. The maximum absolute atomic E-state index is 11.6. The van der Waals surface area contributed by atoms with E-state index in [-0.39, 0.29) is 12.5 Å². The lowest BCUT2D eigenvalue weighted by atomic mass is 10.1. The lowest BCUT2D eigenvalue weighted by molar-refractivity contribution is 0.0956. The number of thiophene rings is 1. The predicted molar refractivity (Wildman–Crippen MR) is 67.1 cm³/mol. The van der Waals surface area contributed by atoms with E-state index in [0.29, 0.717) is 22.4 Å². The maximum Gasteiger partial charge on any atom is 0.262 e. The Morgan fingerprint density at radius 2 is 2.44 bits per heavy atom. The number of nitrogens with one attached hydrogen (secondary N) is 1. The second kappa shape index (κ2) is 6.89. The number of hydrogen-bond acceptors (Lipinski definition) is 3. The lowest BCUT2D eigenvalue weighted by Gasteiger charge is -2.07. The normalized spacial score (nSPS) is 12.4. The zero-order chi connectivity index (χ0) is 12.0. The van der Waals surface area contributed by atoms with E-state index in [0.717, 1.165) is 12.8 Å². The summed E-state index contributed by atoms with van der Waals surface area (Å²) in [7, 11) is 0. The molecule has 0 saturated heterocycles. The Labute approximate surface area is 104 Å². The molecule has 2 N–H and O–H groups in total. The average Bonchev–Trinajstić information content (AvgIpc) is 2.70. The third-order valence-electron chi connectivity index (χ3n) is 2.29. The smallest absolute Gasteiger partial charge is 0.262 e. The first-order valence-electron chi connectivity index (χ1n) is 5.27. The van der Waals surface area contributed by atoms with Crippen LogP contribution in [0.15, 0.2) is 11.4 Å². The molecule has 0 saturated carbocycles. The lowest BCUT2D eigenvalue weighted by Crippen LogP contribution is -2.24. The second-order valence-corrected chi connectivity index (χ2v) is 5.11. The van der Waals surface area contributed by atoms with E-state index in [4.69, 9.17) is 16.7 Å². The SMILES string of the molecule is CC(CO)CCCNC(=O)c1sccc1Cl. The van der Waals surface area contributed by atoms with E-state index in [9.17, 15) is 4.79 Å². The molecule has 1 rings (SSSR count). The third-order valence-corrected chi connectivity index (χ3v) is 3.63. The molecular formula is C11H16ClNO2S. The van der Waals surface area contributed by atoms with Crippen LogP contribution in [-0.4, -0.2) is 24.2 Å². The molecule has 0 aliphatic heterocycles. The number of hydrogen-bond donors (Lipinski definition) is 2. The van der Waals surface area contributed by atoms with Crippen molar-refractivity contribution in [2.45, 2.75) is 19.8 Å². The summed E-state index contributed by atoms with van der Waals surface area (Å²) in [6.07, 6.45) is 1.78. The van der Waals surface area contributed by atoms with Gasteiger partial charge in [0.1, 0.15) is 4.88 Å². The second-order valence-electron chi connectivity index (χ2n) is 3.78. The largest absolute Gasteiger partial charge is 0.396 e. The molecule has 0 aliphatic rings. The first-order chi connectivity index (χ1) is 7.65. The monoisotopic (exact) mass is 261 g/mol. The van der Waals surface area contributed by atoms with Gasteiger partial charge in [0.15, 0.2) is 0 Å². The van der Waals surface area contributed by atoms with Crippen LogP contribution in [0.3, 0.4) is 0 Å². The highest BCUT2D eigenvalue weighted by Crippen LogP contribution is 2.21. The van der Waals surface area contributed by atoms with Crippen molar-refractivity contribution >= 4 is 28.8 Å². The van der Waals surface area contributed by atoms with Gasteiger partial charge < -0.3 is 10.4 Å². The Hall–Kier alpha value is -0.580. The highest BCUT2D eigenvalue weighted by atomic mass is 35.5. The van der Waals surface area contributed by atoms with Gasteiger partial charge in [0.05, 0.1) is 5.02 Å². The highest BCUT2D eigenvalue weighted by Gasteiger charge is 2.10. The van der Waals surface area contributed by atoms with Crippen LogP contribution in [0.25, 0.3) is 0 Å². The van der Waals surface area contributed by atoms with Crippen molar-refractivity contribution in [2.24, 2.45) is 5.92 Å². The van der Waals surface area contributed by atoms with Crippen molar-refractivity contribution in [3.63, 3.8) is 0 Å². The Bertz CT molecular complexity index is 340. The van der Waals surface area contributed by atoms with E-state index in [1.54, 1.807) is 11.4 Å². The Kier molecular flexibility index (Phi) is 5.80.